The number of hydrogen-bond donors (Lipinski definition) is 0. The zero-order chi connectivity index (χ0) is 23.1. The first-order chi connectivity index (χ1) is 15.4. The van der Waals surface area contributed by atoms with Crippen molar-refractivity contribution in [1.82, 2.24) is 0 Å². The van der Waals surface area contributed by atoms with Gasteiger partial charge in [-0.15, -0.1) is 0 Å². The maximum absolute atomic E-state index is 13.4. The van der Waals surface area contributed by atoms with Crippen LogP contribution in [0, 0.1) is 69.6 Å². The van der Waals surface area contributed by atoms with Crippen molar-refractivity contribution in [2.24, 2.45) is 0 Å². The minimum absolute atomic E-state index is 0.0110. The van der Waals surface area contributed by atoms with Crippen LogP contribution in [0.25, 0.3) is 0 Å². The van der Waals surface area contributed by atoms with Crippen LogP contribution in [0.4, 0.5) is 17.6 Å². The van der Waals surface area contributed by atoms with E-state index in [0.717, 1.165) is 24.3 Å². The average Bonchev–Trinajstić information content (AvgIpc) is 2.77. The molecule has 3 rings (SSSR count). The lowest BCUT2D eigenvalue weighted by Gasteiger charge is -2.07. The Kier molecular flexibility index (Phi) is 6.92. The molecule has 0 saturated carbocycles. The maximum Gasteiger partial charge on any atom is 0.160 e. The molecule has 0 N–H and O–H groups in total. The van der Waals surface area contributed by atoms with Crippen LogP contribution >= 0.6 is 0 Å². The highest BCUT2D eigenvalue weighted by molar-refractivity contribution is 5.56. The molecule has 154 valence electrons. The van der Waals surface area contributed by atoms with Gasteiger partial charge < -0.3 is 0 Å². The van der Waals surface area contributed by atoms with E-state index in [9.17, 15) is 17.6 Å². The van der Waals surface area contributed by atoms with Crippen LogP contribution < -0.4 is 0 Å². The lowest BCUT2D eigenvalue weighted by Crippen LogP contribution is -1.97. The minimum atomic E-state index is -1.03. The molecule has 3 aromatic carbocycles. The number of rotatable bonds is 2. The lowest BCUT2D eigenvalue weighted by molar-refractivity contribution is 0.508. The fourth-order valence-corrected chi connectivity index (χ4v) is 2.82. The molecule has 0 saturated heterocycles. The summed E-state index contributed by atoms with van der Waals surface area (Å²) in [6, 6.07) is 13.8. The molecule has 0 atom stereocenters. The number of hydrogen-bond acceptors (Lipinski definition) is 2. The fraction of sp³-hybridized carbons (Fsp3) is 0.0769. The van der Waals surface area contributed by atoms with E-state index < -0.39 is 23.3 Å². The molecule has 0 aromatic heterocycles. The maximum atomic E-state index is 13.4. The standard InChI is InChI=1S/C26H12F4N2/c27-23-7-3-17(13-25(23)29)1-5-19-15-20(22(10-12-32)16-21(19)9-11-31)6-2-18-4-8-24(28)26(30)14-18/h3-4,7-8,13-16H,9-10H2. The first-order valence-corrected chi connectivity index (χ1v) is 9.25. The molecule has 0 spiro atoms. The zero-order valence-corrected chi connectivity index (χ0v) is 16.4. The SMILES string of the molecule is N#CCc1cc(CC#N)c(C#Cc2ccc(F)c(F)c2)cc1C#Cc1ccc(F)c(F)c1. The topological polar surface area (TPSA) is 47.6 Å². The summed E-state index contributed by atoms with van der Waals surface area (Å²) in [5.74, 6) is 7.08. The Morgan fingerprint density at radius 2 is 0.969 bits per heavy atom. The largest absolute Gasteiger partial charge is 0.204 e. The van der Waals surface area contributed by atoms with Crippen LogP contribution in [0.3, 0.4) is 0 Å². The third-order valence-corrected chi connectivity index (χ3v) is 4.39. The van der Waals surface area contributed by atoms with Gasteiger partial charge in [-0.3, -0.25) is 0 Å². The van der Waals surface area contributed by atoms with E-state index in [1.807, 2.05) is 12.1 Å². The summed E-state index contributed by atoms with van der Waals surface area (Å²) in [5, 5.41) is 18.3. The predicted octanol–water partition coefficient (Wildman–Crippen LogP) is 5.17. The van der Waals surface area contributed by atoms with E-state index in [2.05, 4.69) is 23.7 Å². The molecule has 0 fully saturated rings. The Bertz CT molecular complexity index is 1300. The van der Waals surface area contributed by atoms with Gasteiger partial charge in [0.15, 0.2) is 23.3 Å². The molecule has 0 unspecified atom stereocenters. The van der Waals surface area contributed by atoms with Gasteiger partial charge in [-0.05, 0) is 53.6 Å². The third-order valence-electron chi connectivity index (χ3n) is 4.39. The van der Waals surface area contributed by atoms with Crippen molar-refractivity contribution in [2.45, 2.75) is 12.8 Å². The van der Waals surface area contributed by atoms with E-state index in [0.29, 0.717) is 22.3 Å². The molecule has 6 heteroatoms. The molecule has 0 aliphatic rings. The van der Waals surface area contributed by atoms with Gasteiger partial charge in [-0.2, -0.15) is 10.5 Å². The summed E-state index contributed by atoms with van der Waals surface area (Å²) in [6.07, 6.45) is 0.0220. The van der Waals surface area contributed by atoms with Gasteiger partial charge in [0.1, 0.15) is 0 Å². The Hall–Kier alpha value is -4.52. The van der Waals surface area contributed by atoms with E-state index in [1.54, 1.807) is 12.1 Å². The number of nitrogens with zero attached hydrogens (tertiary/aromatic N) is 2. The molecular formula is C26H12F4N2. The molecule has 0 aliphatic heterocycles. The first kappa shape index (κ1) is 22.2. The third kappa shape index (κ3) is 5.34. The number of halogens is 4. The van der Waals surface area contributed by atoms with Crippen molar-refractivity contribution in [3.05, 3.63) is 105 Å². The van der Waals surface area contributed by atoms with Crippen LogP contribution in [-0.2, 0) is 12.8 Å². The van der Waals surface area contributed by atoms with E-state index >= 15 is 0 Å². The van der Waals surface area contributed by atoms with Gasteiger partial charge in [-0.1, -0.05) is 29.7 Å². The second-order valence-corrected chi connectivity index (χ2v) is 6.59. The van der Waals surface area contributed by atoms with Crippen LogP contribution in [0.2, 0.25) is 0 Å². The molecule has 2 nitrogen and oxygen atoms in total. The summed E-state index contributed by atoms with van der Waals surface area (Å²) >= 11 is 0. The highest BCUT2D eigenvalue weighted by Crippen LogP contribution is 2.19. The van der Waals surface area contributed by atoms with Crippen LogP contribution in [0.15, 0.2) is 48.5 Å². The summed E-state index contributed by atoms with van der Waals surface area (Å²) < 4.78 is 53.1. The van der Waals surface area contributed by atoms with Crippen molar-refractivity contribution in [3.8, 4) is 35.8 Å². The Labute approximate surface area is 182 Å². The van der Waals surface area contributed by atoms with Gasteiger partial charge in [0.2, 0.25) is 0 Å². The molecule has 0 radical (unpaired) electrons. The van der Waals surface area contributed by atoms with Crippen molar-refractivity contribution < 1.29 is 17.6 Å². The Balaban J connectivity index is 2.09. The Morgan fingerprint density at radius 3 is 1.34 bits per heavy atom. The van der Waals surface area contributed by atoms with Gasteiger partial charge in [0, 0.05) is 22.3 Å². The summed E-state index contributed by atoms with van der Waals surface area (Å²) in [4.78, 5) is 0. The molecule has 0 bridgehead atoms. The van der Waals surface area contributed by atoms with Gasteiger partial charge in [0.05, 0.1) is 25.0 Å². The zero-order valence-electron chi connectivity index (χ0n) is 16.4. The molecule has 0 amide bonds. The van der Waals surface area contributed by atoms with Gasteiger partial charge >= 0.3 is 0 Å². The van der Waals surface area contributed by atoms with Gasteiger partial charge in [0.25, 0.3) is 0 Å². The molecule has 3 aromatic rings. The fourth-order valence-electron chi connectivity index (χ4n) is 2.82. The minimum Gasteiger partial charge on any atom is -0.204 e. The van der Waals surface area contributed by atoms with Crippen molar-refractivity contribution in [2.75, 3.05) is 0 Å². The van der Waals surface area contributed by atoms with Crippen LogP contribution in [-0.4, -0.2) is 0 Å². The molecule has 0 aliphatic carbocycles. The highest BCUT2D eigenvalue weighted by Gasteiger charge is 2.09. The average molecular weight is 428 g/mol. The normalized spacial score (nSPS) is 9.56. The van der Waals surface area contributed by atoms with Crippen molar-refractivity contribution >= 4 is 0 Å². The van der Waals surface area contributed by atoms with Crippen molar-refractivity contribution in [1.29, 1.82) is 10.5 Å². The van der Waals surface area contributed by atoms with E-state index in [1.165, 1.54) is 12.1 Å². The van der Waals surface area contributed by atoms with Gasteiger partial charge in [-0.25, -0.2) is 17.6 Å². The number of nitriles is 2. The molecular weight excluding hydrogens is 416 g/mol. The summed E-state index contributed by atoms with van der Waals surface area (Å²) in [5.41, 5.74) is 2.42. The second kappa shape index (κ2) is 9.99. The first-order valence-electron chi connectivity index (χ1n) is 9.25. The lowest BCUT2D eigenvalue weighted by atomic mass is 9.95. The molecule has 32 heavy (non-hydrogen) atoms. The number of benzene rings is 3. The van der Waals surface area contributed by atoms with E-state index in [4.69, 9.17) is 10.5 Å². The van der Waals surface area contributed by atoms with E-state index in [-0.39, 0.29) is 24.0 Å². The summed E-state index contributed by atoms with van der Waals surface area (Å²) in [6.45, 7) is 0. The monoisotopic (exact) mass is 428 g/mol. The van der Waals surface area contributed by atoms with Crippen LogP contribution in [0.5, 0.6) is 0 Å². The van der Waals surface area contributed by atoms with Crippen molar-refractivity contribution in [3.63, 3.8) is 0 Å². The van der Waals surface area contributed by atoms with Crippen LogP contribution in [0.1, 0.15) is 33.4 Å². The Morgan fingerprint density at radius 1 is 0.531 bits per heavy atom. The summed E-state index contributed by atoms with van der Waals surface area (Å²) in [7, 11) is 0. The quantitative estimate of drug-likeness (QED) is 0.417. The second-order valence-electron chi connectivity index (χ2n) is 6.59. The highest BCUT2D eigenvalue weighted by atomic mass is 19.2. The molecule has 0 heterocycles. The predicted molar refractivity (Wildman–Crippen MR) is 110 cm³/mol. The smallest absolute Gasteiger partial charge is 0.160 e.